The van der Waals surface area contributed by atoms with Crippen molar-refractivity contribution in [3.05, 3.63) is 47.8 Å². The molecule has 2 aromatic carbocycles. The molecule has 3 N–H and O–H groups in total. The van der Waals surface area contributed by atoms with E-state index in [9.17, 15) is 17.6 Å². The average molecular weight is 295 g/mol. The van der Waals surface area contributed by atoms with Gasteiger partial charge in [0.15, 0.2) is 0 Å². The molecule has 0 saturated carbocycles. The Morgan fingerprint density at radius 3 is 2.52 bits per heavy atom. The number of halogens is 4. The number of alkyl halides is 3. The van der Waals surface area contributed by atoms with E-state index in [2.05, 4.69) is 9.97 Å². The van der Waals surface area contributed by atoms with Crippen molar-refractivity contribution >= 4 is 16.7 Å². The highest BCUT2D eigenvalue weighted by molar-refractivity contribution is 5.82. The Balaban J connectivity index is 2.14. The van der Waals surface area contributed by atoms with Crippen molar-refractivity contribution in [3.8, 4) is 11.4 Å². The predicted molar refractivity (Wildman–Crippen MR) is 70.9 cm³/mol. The molecule has 3 nitrogen and oxygen atoms in total. The first-order valence-corrected chi connectivity index (χ1v) is 5.97. The van der Waals surface area contributed by atoms with Crippen LogP contribution in [-0.2, 0) is 6.18 Å². The van der Waals surface area contributed by atoms with Gasteiger partial charge in [-0.3, -0.25) is 0 Å². The molecule has 0 aliphatic carbocycles. The van der Waals surface area contributed by atoms with Crippen LogP contribution in [-0.4, -0.2) is 9.97 Å². The smallest absolute Gasteiger partial charge is 0.399 e. The van der Waals surface area contributed by atoms with Crippen molar-refractivity contribution in [3.63, 3.8) is 0 Å². The van der Waals surface area contributed by atoms with E-state index in [-0.39, 0.29) is 11.4 Å². The number of nitrogens with zero attached hydrogens (tertiary/aromatic N) is 1. The van der Waals surface area contributed by atoms with Crippen LogP contribution in [0.1, 0.15) is 5.56 Å². The molecule has 0 aliphatic rings. The molecule has 0 fully saturated rings. The van der Waals surface area contributed by atoms with Crippen molar-refractivity contribution in [2.75, 3.05) is 5.73 Å². The lowest BCUT2D eigenvalue weighted by atomic mass is 10.1. The van der Waals surface area contributed by atoms with Crippen LogP contribution in [0, 0.1) is 5.82 Å². The fourth-order valence-electron chi connectivity index (χ4n) is 2.05. The largest absolute Gasteiger partial charge is 0.419 e. The van der Waals surface area contributed by atoms with E-state index >= 15 is 0 Å². The van der Waals surface area contributed by atoms with Crippen LogP contribution in [0.2, 0.25) is 0 Å². The lowest BCUT2D eigenvalue weighted by Crippen LogP contribution is -2.08. The van der Waals surface area contributed by atoms with E-state index in [1.165, 1.54) is 6.07 Å². The summed E-state index contributed by atoms with van der Waals surface area (Å²) in [5.74, 6) is -1.09. The fourth-order valence-corrected chi connectivity index (χ4v) is 2.05. The van der Waals surface area contributed by atoms with Gasteiger partial charge in [-0.1, -0.05) is 0 Å². The van der Waals surface area contributed by atoms with Crippen LogP contribution >= 0.6 is 0 Å². The maximum atomic E-state index is 13.3. The molecule has 0 spiro atoms. The number of fused-ring (bicyclic) bond motifs is 1. The van der Waals surface area contributed by atoms with Gasteiger partial charge in [-0.05, 0) is 36.4 Å². The highest BCUT2D eigenvalue weighted by atomic mass is 19.4. The first-order valence-electron chi connectivity index (χ1n) is 5.97. The average Bonchev–Trinajstić information content (AvgIpc) is 2.80. The Kier molecular flexibility index (Phi) is 2.86. The number of hydrogen-bond donors (Lipinski definition) is 2. The van der Waals surface area contributed by atoms with Gasteiger partial charge in [-0.2, -0.15) is 13.2 Å². The van der Waals surface area contributed by atoms with Crippen LogP contribution in [0.25, 0.3) is 22.4 Å². The minimum atomic E-state index is -4.75. The molecule has 0 unspecified atom stereocenters. The van der Waals surface area contributed by atoms with E-state index in [4.69, 9.17) is 5.73 Å². The Morgan fingerprint density at radius 1 is 1.05 bits per heavy atom. The van der Waals surface area contributed by atoms with E-state index in [1.807, 2.05) is 0 Å². The lowest BCUT2D eigenvalue weighted by Gasteiger charge is -2.08. The Bertz CT molecular complexity index is 821. The molecular formula is C14H9F4N3. The number of nitrogens with two attached hydrogens (primary N) is 1. The highest BCUT2D eigenvalue weighted by Gasteiger charge is 2.34. The zero-order valence-corrected chi connectivity index (χ0v) is 10.5. The quantitative estimate of drug-likeness (QED) is 0.527. The molecule has 3 aromatic rings. The Hall–Kier alpha value is -2.57. The zero-order chi connectivity index (χ0) is 15.2. The van der Waals surface area contributed by atoms with Gasteiger partial charge in [-0.25, -0.2) is 9.37 Å². The van der Waals surface area contributed by atoms with Crippen molar-refractivity contribution in [1.82, 2.24) is 9.97 Å². The summed E-state index contributed by atoms with van der Waals surface area (Å²) < 4.78 is 51.4. The second-order valence-electron chi connectivity index (χ2n) is 4.55. The van der Waals surface area contributed by atoms with E-state index < -0.39 is 17.6 Å². The molecule has 1 aromatic heterocycles. The van der Waals surface area contributed by atoms with Crippen molar-refractivity contribution in [2.45, 2.75) is 6.18 Å². The van der Waals surface area contributed by atoms with Gasteiger partial charge in [0.05, 0.1) is 16.6 Å². The molecule has 1 heterocycles. The van der Waals surface area contributed by atoms with Gasteiger partial charge >= 0.3 is 6.18 Å². The summed E-state index contributed by atoms with van der Waals surface area (Å²) >= 11 is 0. The molecule has 0 amide bonds. The minimum absolute atomic E-state index is 0.151. The number of nitrogen functional groups attached to an aromatic ring is 1. The van der Waals surface area contributed by atoms with Crippen LogP contribution < -0.4 is 5.73 Å². The van der Waals surface area contributed by atoms with Gasteiger partial charge in [0, 0.05) is 11.3 Å². The molecule has 7 heteroatoms. The number of rotatable bonds is 1. The van der Waals surface area contributed by atoms with E-state index in [1.54, 1.807) is 18.2 Å². The number of H-pyrrole nitrogens is 1. The number of aromatic amines is 1. The number of imidazole rings is 1. The van der Waals surface area contributed by atoms with Crippen LogP contribution in [0.5, 0.6) is 0 Å². The minimum Gasteiger partial charge on any atom is -0.399 e. The van der Waals surface area contributed by atoms with Gasteiger partial charge in [-0.15, -0.1) is 0 Å². The summed E-state index contributed by atoms with van der Waals surface area (Å²) in [4.78, 5) is 7.05. The van der Waals surface area contributed by atoms with Crippen molar-refractivity contribution in [1.29, 1.82) is 0 Å². The molecule has 21 heavy (non-hydrogen) atoms. The molecule has 0 radical (unpaired) electrons. The monoisotopic (exact) mass is 295 g/mol. The zero-order valence-electron chi connectivity index (χ0n) is 10.5. The van der Waals surface area contributed by atoms with Gasteiger partial charge < -0.3 is 10.7 Å². The third kappa shape index (κ3) is 2.42. The summed E-state index contributed by atoms with van der Waals surface area (Å²) in [6.45, 7) is 0. The summed E-state index contributed by atoms with van der Waals surface area (Å²) in [6.07, 6.45) is -4.75. The first-order chi connectivity index (χ1) is 9.84. The summed E-state index contributed by atoms with van der Waals surface area (Å²) in [7, 11) is 0. The van der Waals surface area contributed by atoms with Crippen molar-refractivity contribution in [2.24, 2.45) is 0 Å². The van der Waals surface area contributed by atoms with Crippen molar-refractivity contribution < 1.29 is 17.6 Å². The topological polar surface area (TPSA) is 54.7 Å². The normalized spacial score (nSPS) is 12.0. The third-order valence-electron chi connectivity index (χ3n) is 3.05. The molecule has 0 saturated heterocycles. The molecule has 0 aliphatic heterocycles. The SMILES string of the molecule is Nc1ccc2nc(-c3ccc(F)c(C(F)(F)F)c3)[nH]c2c1. The second kappa shape index (κ2) is 4.47. The van der Waals surface area contributed by atoms with Crippen LogP contribution in [0.3, 0.4) is 0 Å². The number of anilines is 1. The number of nitrogens with one attached hydrogen (secondary N) is 1. The molecule has 0 bridgehead atoms. The standard InChI is InChI=1S/C14H9F4N3/c15-10-3-1-7(5-9(10)14(16,17)18)13-20-11-4-2-8(19)6-12(11)21-13/h1-6H,19H2,(H,20,21). The number of hydrogen-bond acceptors (Lipinski definition) is 2. The van der Waals surface area contributed by atoms with Crippen LogP contribution in [0.15, 0.2) is 36.4 Å². The van der Waals surface area contributed by atoms with Crippen LogP contribution in [0.4, 0.5) is 23.2 Å². The number of aromatic nitrogens is 2. The summed E-state index contributed by atoms with van der Waals surface area (Å²) in [6, 6.07) is 7.67. The first kappa shape index (κ1) is 13.4. The number of benzene rings is 2. The third-order valence-corrected chi connectivity index (χ3v) is 3.05. The summed E-state index contributed by atoms with van der Waals surface area (Å²) in [5, 5.41) is 0. The van der Waals surface area contributed by atoms with Gasteiger partial charge in [0.1, 0.15) is 11.6 Å². The van der Waals surface area contributed by atoms with E-state index in [0.29, 0.717) is 16.7 Å². The predicted octanol–water partition coefficient (Wildman–Crippen LogP) is 3.97. The Morgan fingerprint density at radius 2 is 1.81 bits per heavy atom. The maximum Gasteiger partial charge on any atom is 0.419 e. The highest BCUT2D eigenvalue weighted by Crippen LogP contribution is 2.34. The van der Waals surface area contributed by atoms with Gasteiger partial charge in [0.25, 0.3) is 0 Å². The summed E-state index contributed by atoms with van der Waals surface area (Å²) in [5.41, 5.74) is 6.13. The lowest BCUT2D eigenvalue weighted by molar-refractivity contribution is -0.139. The fraction of sp³-hybridized carbons (Fsp3) is 0.0714. The Labute approximate surface area is 116 Å². The molecular weight excluding hydrogens is 286 g/mol. The molecule has 108 valence electrons. The molecule has 0 atom stereocenters. The second-order valence-corrected chi connectivity index (χ2v) is 4.55. The molecule has 3 rings (SSSR count). The maximum absolute atomic E-state index is 13.3. The van der Waals surface area contributed by atoms with Gasteiger partial charge in [0.2, 0.25) is 0 Å². The van der Waals surface area contributed by atoms with E-state index in [0.717, 1.165) is 12.1 Å².